The highest BCUT2D eigenvalue weighted by Crippen LogP contribution is 2.17. The Bertz CT molecular complexity index is 252. The monoisotopic (exact) mass is 226 g/mol. The van der Waals surface area contributed by atoms with Gasteiger partial charge in [-0.15, -0.1) is 0 Å². The van der Waals surface area contributed by atoms with Crippen LogP contribution >= 0.6 is 0 Å². The summed E-state index contributed by atoms with van der Waals surface area (Å²) in [5.41, 5.74) is 3.51. The van der Waals surface area contributed by atoms with Gasteiger partial charge in [0, 0.05) is 0 Å². The summed E-state index contributed by atoms with van der Waals surface area (Å²) in [6.07, 6.45) is 1.83. The summed E-state index contributed by atoms with van der Waals surface area (Å²) in [7, 11) is 0. The summed E-state index contributed by atoms with van der Waals surface area (Å²) in [6, 6.07) is 3.27. The normalized spacial score (nSPS) is 8.50. The van der Waals surface area contributed by atoms with Crippen molar-refractivity contribution in [3.8, 4) is 0 Å². The van der Waals surface area contributed by atoms with E-state index in [1.165, 1.54) is 5.56 Å². The number of hydrogen-bond donors (Lipinski definition) is 0. The second-order valence-corrected chi connectivity index (χ2v) is 3.06. The van der Waals surface area contributed by atoms with E-state index >= 15 is 0 Å². The molecule has 0 aliphatic carbocycles. The van der Waals surface area contributed by atoms with Crippen LogP contribution in [0.5, 0.6) is 0 Å². The zero-order valence-corrected chi connectivity index (χ0v) is 11.9. The van der Waals surface area contributed by atoms with Crippen LogP contribution in [-0.4, -0.2) is 0 Å². The highest BCUT2D eigenvalue weighted by molar-refractivity contribution is 5.34. The molecule has 0 N–H and O–H groups in total. The smallest absolute Gasteiger partial charge is 0.123 e. The number of benzene rings is 1. The van der Waals surface area contributed by atoms with E-state index < -0.39 is 0 Å². The maximum absolute atomic E-state index is 13.0. The first kappa shape index (κ1) is 17.5. The van der Waals surface area contributed by atoms with Crippen LogP contribution in [-0.2, 0) is 12.8 Å². The molecule has 0 amide bonds. The standard InChI is InChI=1S/C11H15F.2C2H6/c1-4-9-6-11(12)7-10(5-2)8(9)3;2*1-2/h6-7H,4-5H2,1-3H3;2*1-2H3. The van der Waals surface area contributed by atoms with Crippen molar-refractivity contribution in [1.82, 2.24) is 0 Å². The molecular weight excluding hydrogens is 199 g/mol. The molecule has 16 heavy (non-hydrogen) atoms. The van der Waals surface area contributed by atoms with Gasteiger partial charge in [0.2, 0.25) is 0 Å². The average Bonchev–Trinajstić information content (AvgIpc) is 2.36. The van der Waals surface area contributed by atoms with Gasteiger partial charge in [0.1, 0.15) is 5.82 Å². The molecule has 1 heteroatoms. The molecule has 0 fully saturated rings. The summed E-state index contributed by atoms with van der Waals surface area (Å²) < 4.78 is 13.0. The third-order valence-electron chi connectivity index (χ3n) is 2.35. The van der Waals surface area contributed by atoms with Gasteiger partial charge in [-0.2, -0.15) is 0 Å². The van der Waals surface area contributed by atoms with Gasteiger partial charge >= 0.3 is 0 Å². The van der Waals surface area contributed by atoms with Crippen molar-refractivity contribution in [2.24, 2.45) is 0 Å². The van der Waals surface area contributed by atoms with E-state index in [0.29, 0.717) is 0 Å². The van der Waals surface area contributed by atoms with Crippen LogP contribution in [0, 0.1) is 12.7 Å². The lowest BCUT2D eigenvalue weighted by atomic mass is 9.99. The fraction of sp³-hybridized carbons (Fsp3) is 0.600. The second-order valence-electron chi connectivity index (χ2n) is 3.06. The molecule has 0 bridgehead atoms. The van der Waals surface area contributed by atoms with Crippen LogP contribution in [0.3, 0.4) is 0 Å². The number of halogens is 1. The van der Waals surface area contributed by atoms with Crippen LogP contribution in [0.2, 0.25) is 0 Å². The predicted molar refractivity (Wildman–Crippen MR) is 72.6 cm³/mol. The molecule has 1 aromatic rings. The molecule has 94 valence electrons. The van der Waals surface area contributed by atoms with Gasteiger partial charge in [-0.25, -0.2) is 4.39 Å². The van der Waals surface area contributed by atoms with Crippen LogP contribution in [0.4, 0.5) is 4.39 Å². The van der Waals surface area contributed by atoms with E-state index in [-0.39, 0.29) is 5.82 Å². The zero-order chi connectivity index (χ0) is 13.1. The molecule has 0 aliphatic rings. The lowest BCUT2D eigenvalue weighted by Gasteiger charge is -2.08. The SMILES string of the molecule is CC.CC.CCc1cc(F)cc(CC)c1C. The van der Waals surface area contributed by atoms with Crippen molar-refractivity contribution in [1.29, 1.82) is 0 Å². The molecular formula is C15H27F. The average molecular weight is 226 g/mol. The number of rotatable bonds is 2. The topological polar surface area (TPSA) is 0 Å². The maximum Gasteiger partial charge on any atom is 0.123 e. The minimum atomic E-state index is -0.102. The molecule has 0 saturated heterocycles. The Kier molecular flexibility index (Phi) is 11.7. The highest BCUT2D eigenvalue weighted by atomic mass is 19.1. The molecule has 0 radical (unpaired) electrons. The Morgan fingerprint density at radius 3 is 1.44 bits per heavy atom. The Balaban J connectivity index is 0. The first-order valence-electron chi connectivity index (χ1n) is 6.47. The summed E-state index contributed by atoms with van der Waals surface area (Å²) in [4.78, 5) is 0. The van der Waals surface area contributed by atoms with Gasteiger partial charge in [0.25, 0.3) is 0 Å². The lowest BCUT2D eigenvalue weighted by molar-refractivity contribution is 0.622. The van der Waals surface area contributed by atoms with E-state index in [9.17, 15) is 4.39 Å². The first-order valence-corrected chi connectivity index (χ1v) is 6.47. The van der Waals surface area contributed by atoms with Gasteiger partial charge in [-0.05, 0) is 48.6 Å². The number of hydrogen-bond acceptors (Lipinski definition) is 0. The van der Waals surface area contributed by atoms with Crippen LogP contribution in [0.1, 0.15) is 58.2 Å². The van der Waals surface area contributed by atoms with E-state index in [2.05, 4.69) is 20.8 Å². The summed E-state index contributed by atoms with van der Waals surface area (Å²) >= 11 is 0. The van der Waals surface area contributed by atoms with Crippen molar-refractivity contribution in [3.63, 3.8) is 0 Å². The summed E-state index contributed by atoms with van der Waals surface area (Å²) in [5.74, 6) is -0.102. The molecule has 0 nitrogen and oxygen atoms in total. The van der Waals surface area contributed by atoms with E-state index in [0.717, 1.165) is 24.0 Å². The minimum Gasteiger partial charge on any atom is -0.207 e. The van der Waals surface area contributed by atoms with Gasteiger partial charge < -0.3 is 0 Å². The third kappa shape index (κ3) is 5.29. The van der Waals surface area contributed by atoms with Crippen molar-refractivity contribution < 1.29 is 4.39 Å². The molecule has 0 saturated carbocycles. The Morgan fingerprint density at radius 1 is 0.875 bits per heavy atom. The van der Waals surface area contributed by atoms with Crippen molar-refractivity contribution in [2.75, 3.05) is 0 Å². The molecule has 0 aliphatic heterocycles. The Labute approximate surface area is 101 Å². The minimum absolute atomic E-state index is 0.102. The van der Waals surface area contributed by atoms with Crippen LogP contribution in [0.15, 0.2) is 12.1 Å². The largest absolute Gasteiger partial charge is 0.207 e. The van der Waals surface area contributed by atoms with E-state index in [4.69, 9.17) is 0 Å². The second kappa shape index (κ2) is 10.7. The lowest BCUT2D eigenvalue weighted by Crippen LogP contribution is -1.95. The molecule has 0 aromatic heterocycles. The zero-order valence-electron chi connectivity index (χ0n) is 11.9. The van der Waals surface area contributed by atoms with Crippen LogP contribution in [0.25, 0.3) is 0 Å². The maximum atomic E-state index is 13.0. The Hall–Kier alpha value is -0.850. The number of aryl methyl sites for hydroxylation is 2. The molecule has 0 spiro atoms. The van der Waals surface area contributed by atoms with Crippen LogP contribution < -0.4 is 0 Å². The molecule has 0 heterocycles. The van der Waals surface area contributed by atoms with Gasteiger partial charge in [-0.3, -0.25) is 0 Å². The van der Waals surface area contributed by atoms with Crippen molar-refractivity contribution in [2.45, 2.75) is 61.3 Å². The highest BCUT2D eigenvalue weighted by Gasteiger charge is 2.03. The fourth-order valence-corrected chi connectivity index (χ4v) is 1.53. The van der Waals surface area contributed by atoms with Gasteiger partial charge in [-0.1, -0.05) is 41.5 Å². The Morgan fingerprint density at radius 2 is 1.19 bits per heavy atom. The molecule has 0 atom stereocenters. The van der Waals surface area contributed by atoms with Crippen molar-refractivity contribution in [3.05, 3.63) is 34.6 Å². The molecule has 1 aromatic carbocycles. The molecule has 1 rings (SSSR count). The van der Waals surface area contributed by atoms with E-state index in [1.807, 2.05) is 27.7 Å². The summed E-state index contributed by atoms with van der Waals surface area (Å²) in [6.45, 7) is 14.2. The third-order valence-corrected chi connectivity index (χ3v) is 2.35. The van der Waals surface area contributed by atoms with Gasteiger partial charge in [0.15, 0.2) is 0 Å². The predicted octanol–water partition coefficient (Wildman–Crippen LogP) is 5.31. The van der Waals surface area contributed by atoms with Crippen molar-refractivity contribution >= 4 is 0 Å². The van der Waals surface area contributed by atoms with E-state index in [1.54, 1.807) is 12.1 Å². The first-order chi connectivity index (χ1) is 7.69. The molecule has 0 unspecified atom stereocenters. The quantitative estimate of drug-likeness (QED) is 0.641. The summed E-state index contributed by atoms with van der Waals surface area (Å²) in [5, 5.41) is 0. The fourth-order valence-electron chi connectivity index (χ4n) is 1.53. The van der Waals surface area contributed by atoms with Gasteiger partial charge in [0.05, 0.1) is 0 Å².